The van der Waals surface area contributed by atoms with E-state index in [1.54, 1.807) is 0 Å². The van der Waals surface area contributed by atoms with Crippen molar-refractivity contribution >= 4 is 40.3 Å². The molecule has 6 nitrogen and oxygen atoms in total. The number of carbonyl (C=O) groups excluding carboxylic acids is 1. The first-order valence-electron chi connectivity index (χ1n) is 11.0. The van der Waals surface area contributed by atoms with Crippen molar-refractivity contribution in [2.24, 2.45) is 0 Å². The number of piperidine rings is 1. The van der Waals surface area contributed by atoms with Crippen molar-refractivity contribution in [3.05, 3.63) is 69.7 Å². The summed E-state index contributed by atoms with van der Waals surface area (Å²) < 4.78 is 2.65. The molecule has 1 aliphatic heterocycles. The monoisotopic (exact) mass is 467 g/mol. The standard InChI is InChI=1S/C24H29N5OS2/c1-18-6-5-9-21(16-18)26-23-27-29(24(31)32-23)17-28-14-12-20(13-15-28)25-22(30)11-10-19-7-3-2-4-8-19/h2-9,16,20H,10-15,17H2,1H3,(H,25,30)(H,26,27). The maximum absolute atomic E-state index is 12.3. The van der Waals surface area contributed by atoms with E-state index in [-0.39, 0.29) is 11.9 Å². The first kappa shape index (κ1) is 22.6. The smallest absolute Gasteiger partial charge is 0.220 e. The van der Waals surface area contributed by atoms with Gasteiger partial charge < -0.3 is 10.6 Å². The van der Waals surface area contributed by atoms with Crippen molar-refractivity contribution in [1.29, 1.82) is 0 Å². The van der Waals surface area contributed by atoms with Crippen molar-refractivity contribution in [3.8, 4) is 0 Å². The molecule has 2 N–H and O–H groups in total. The van der Waals surface area contributed by atoms with Crippen LogP contribution < -0.4 is 10.6 Å². The van der Waals surface area contributed by atoms with Crippen molar-refractivity contribution in [2.75, 3.05) is 18.4 Å². The van der Waals surface area contributed by atoms with Crippen LogP contribution in [-0.2, 0) is 17.9 Å². The minimum Gasteiger partial charge on any atom is -0.353 e. The van der Waals surface area contributed by atoms with Crippen LogP contribution >= 0.6 is 23.6 Å². The summed E-state index contributed by atoms with van der Waals surface area (Å²) in [6.07, 6.45) is 3.22. The number of carbonyl (C=O) groups is 1. The first-order chi connectivity index (χ1) is 15.5. The summed E-state index contributed by atoms with van der Waals surface area (Å²) in [6.45, 7) is 4.59. The predicted molar refractivity (Wildman–Crippen MR) is 133 cm³/mol. The quantitative estimate of drug-likeness (QED) is 0.462. The lowest BCUT2D eigenvalue weighted by atomic mass is 10.0. The molecule has 2 heterocycles. The zero-order valence-corrected chi connectivity index (χ0v) is 19.9. The summed E-state index contributed by atoms with van der Waals surface area (Å²) in [4.78, 5) is 14.7. The molecule has 1 aliphatic rings. The molecule has 3 aromatic rings. The van der Waals surface area contributed by atoms with Gasteiger partial charge >= 0.3 is 0 Å². The minimum absolute atomic E-state index is 0.140. The zero-order chi connectivity index (χ0) is 22.3. The third-order valence-electron chi connectivity index (χ3n) is 5.65. The molecular weight excluding hydrogens is 438 g/mol. The average Bonchev–Trinajstić information content (AvgIpc) is 3.13. The number of amides is 1. The zero-order valence-electron chi connectivity index (χ0n) is 18.3. The molecule has 0 unspecified atom stereocenters. The molecule has 0 aliphatic carbocycles. The molecule has 32 heavy (non-hydrogen) atoms. The number of rotatable bonds is 8. The molecule has 0 saturated carbocycles. The number of aryl methyl sites for hydroxylation is 2. The Hall–Kier alpha value is -2.55. The first-order valence-corrected chi connectivity index (χ1v) is 12.2. The van der Waals surface area contributed by atoms with Crippen LogP contribution in [0.5, 0.6) is 0 Å². The molecule has 2 aromatic carbocycles. The van der Waals surface area contributed by atoms with E-state index >= 15 is 0 Å². The Morgan fingerprint density at radius 2 is 1.94 bits per heavy atom. The van der Waals surface area contributed by atoms with Gasteiger partial charge in [0.2, 0.25) is 11.0 Å². The van der Waals surface area contributed by atoms with Crippen LogP contribution in [0.4, 0.5) is 10.8 Å². The summed E-state index contributed by atoms with van der Waals surface area (Å²) in [6, 6.07) is 18.6. The molecule has 1 saturated heterocycles. The van der Waals surface area contributed by atoms with Gasteiger partial charge in [0.1, 0.15) is 0 Å². The van der Waals surface area contributed by atoms with Gasteiger partial charge in [-0.15, -0.1) is 5.10 Å². The minimum atomic E-state index is 0.140. The van der Waals surface area contributed by atoms with Crippen molar-refractivity contribution < 1.29 is 4.79 Å². The molecule has 1 amide bonds. The Bertz CT molecular complexity index is 1090. The van der Waals surface area contributed by atoms with Gasteiger partial charge in [0.25, 0.3) is 0 Å². The predicted octanol–water partition coefficient (Wildman–Crippen LogP) is 4.90. The number of anilines is 2. The van der Waals surface area contributed by atoms with Crippen LogP contribution in [-0.4, -0.2) is 39.7 Å². The number of nitrogens with one attached hydrogen (secondary N) is 2. The van der Waals surface area contributed by atoms with E-state index in [1.807, 2.05) is 35.0 Å². The largest absolute Gasteiger partial charge is 0.353 e. The van der Waals surface area contributed by atoms with E-state index in [2.05, 4.69) is 51.8 Å². The normalized spacial score (nSPS) is 14.9. The summed E-state index contributed by atoms with van der Waals surface area (Å²) in [7, 11) is 0. The van der Waals surface area contributed by atoms with Gasteiger partial charge in [-0.05, 0) is 61.7 Å². The van der Waals surface area contributed by atoms with Crippen molar-refractivity contribution in [1.82, 2.24) is 20.0 Å². The fourth-order valence-corrected chi connectivity index (χ4v) is 4.92. The number of aromatic nitrogens is 2. The van der Waals surface area contributed by atoms with Gasteiger partial charge in [0.05, 0.1) is 6.67 Å². The third-order valence-corrected chi connectivity index (χ3v) is 6.87. The van der Waals surface area contributed by atoms with Gasteiger partial charge in [-0.1, -0.05) is 53.8 Å². The molecule has 0 atom stereocenters. The maximum atomic E-state index is 12.3. The number of nitrogens with zero attached hydrogens (tertiary/aromatic N) is 3. The maximum Gasteiger partial charge on any atom is 0.220 e. The SMILES string of the molecule is Cc1cccc(Nc2nn(CN3CCC(NC(=O)CCc4ccccc4)CC3)c(=S)s2)c1. The molecule has 1 aromatic heterocycles. The number of benzene rings is 2. The van der Waals surface area contributed by atoms with Gasteiger partial charge in [-0.25, -0.2) is 4.68 Å². The molecule has 1 fully saturated rings. The molecule has 0 spiro atoms. The van der Waals surface area contributed by atoms with Crippen molar-refractivity contribution in [3.63, 3.8) is 0 Å². The van der Waals surface area contributed by atoms with E-state index in [0.29, 0.717) is 13.1 Å². The number of hydrogen-bond acceptors (Lipinski definition) is 6. The fourth-order valence-electron chi connectivity index (χ4n) is 3.90. The summed E-state index contributed by atoms with van der Waals surface area (Å²) in [5.41, 5.74) is 3.42. The third kappa shape index (κ3) is 6.48. The molecular formula is C24H29N5OS2. The van der Waals surface area contributed by atoms with Crippen molar-refractivity contribution in [2.45, 2.75) is 45.3 Å². The van der Waals surface area contributed by atoms with Crippen LogP contribution in [0.3, 0.4) is 0 Å². The highest BCUT2D eigenvalue weighted by atomic mass is 32.1. The van der Waals surface area contributed by atoms with Crippen LogP contribution in [0, 0.1) is 10.9 Å². The van der Waals surface area contributed by atoms with Gasteiger partial charge in [-0.2, -0.15) is 0 Å². The highest BCUT2D eigenvalue weighted by molar-refractivity contribution is 7.73. The lowest BCUT2D eigenvalue weighted by Crippen LogP contribution is -2.45. The van der Waals surface area contributed by atoms with Gasteiger partial charge in [0.15, 0.2) is 3.95 Å². The fraction of sp³-hybridized carbons (Fsp3) is 0.375. The van der Waals surface area contributed by atoms with Gasteiger partial charge in [-0.3, -0.25) is 9.69 Å². The second-order valence-corrected chi connectivity index (χ2v) is 9.88. The topological polar surface area (TPSA) is 62.2 Å². The highest BCUT2D eigenvalue weighted by Gasteiger charge is 2.21. The average molecular weight is 468 g/mol. The molecule has 8 heteroatoms. The molecule has 168 valence electrons. The number of likely N-dealkylation sites (tertiary alicyclic amines) is 1. The van der Waals surface area contributed by atoms with Crippen LogP contribution in [0.15, 0.2) is 54.6 Å². The molecule has 4 rings (SSSR count). The van der Waals surface area contributed by atoms with E-state index in [0.717, 1.165) is 47.1 Å². The van der Waals surface area contributed by atoms with Gasteiger partial charge in [0, 0.05) is 31.2 Å². The Kier molecular flexibility index (Phi) is 7.68. The van der Waals surface area contributed by atoms with E-state index in [1.165, 1.54) is 22.5 Å². The summed E-state index contributed by atoms with van der Waals surface area (Å²) >= 11 is 7.02. The van der Waals surface area contributed by atoms with E-state index in [9.17, 15) is 4.79 Å². The second kappa shape index (κ2) is 10.8. The Morgan fingerprint density at radius 1 is 1.16 bits per heavy atom. The van der Waals surface area contributed by atoms with E-state index < -0.39 is 0 Å². The Morgan fingerprint density at radius 3 is 2.69 bits per heavy atom. The van der Waals surface area contributed by atoms with Crippen LogP contribution in [0.2, 0.25) is 0 Å². The summed E-state index contributed by atoms with van der Waals surface area (Å²) in [5.74, 6) is 0.140. The summed E-state index contributed by atoms with van der Waals surface area (Å²) in [5, 5.41) is 12.0. The number of hydrogen-bond donors (Lipinski definition) is 2. The molecule has 0 radical (unpaired) electrons. The van der Waals surface area contributed by atoms with Crippen LogP contribution in [0.25, 0.3) is 0 Å². The Balaban J connectivity index is 1.22. The van der Waals surface area contributed by atoms with Crippen LogP contribution in [0.1, 0.15) is 30.4 Å². The molecule has 0 bridgehead atoms. The second-order valence-electron chi connectivity index (χ2n) is 8.25. The lowest BCUT2D eigenvalue weighted by molar-refractivity contribution is -0.122. The Labute approximate surface area is 198 Å². The highest BCUT2D eigenvalue weighted by Crippen LogP contribution is 2.22. The lowest BCUT2D eigenvalue weighted by Gasteiger charge is -2.32. The van der Waals surface area contributed by atoms with E-state index in [4.69, 9.17) is 12.2 Å².